The van der Waals surface area contributed by atoms with Crippen molar-refractivity contribution in [1.82, 2.24) is 9.80 Å². The minimum atomic E-state index is 0.194. The van der Waals surface area contributed by atoms with Crippen LogP contribution in [-0.4, -0.2) is 60.6 Å². The molecule has 0 spiro atoms. The third-order valence-electron chi connectivity index (χ3n) is 7.53. The third kappa shape index (κ3) is 7.24. The van der Waals surface area contributed by atoms with Crippen LogP contribution in [-0.2, 0) is 0 Å². The van der Waals surface area contributed by atoms with E-state index in [0.717, 1.165) is 97.6 Å². The molecule has 0 aliphatic rings. The van der Waals surface area contributed by atoms with E-state index in [0.29, 0.717) is 12.8 Å². The lowest BCUT2D eigenvalue weighted by Gasteiger charge is -2.17. The topological polar surface area (TPSA) is 40.6 Å². The number of rotatable bonds is 16. The molecule has 3 aromatic carbocycles. The lowest BCUT2D eigenvalue weighted by Crippen LogP contribution is -2.24. The van der Waals surface area contributed by atoms with Gasteiger partial charge in [-0.1, -0.05) is 64.1 Å². The van der Waals surface area contributed by atoms with Gasteiger partial charge in [0.1, 0.15) is 0 Å². The fourth-order valence-electron chi connectivity index (χ4n) is 5.13. The predicted molar refractivity (Wildman–Crippen MR) is 153 cm³/mol. The van der Waals surface area contributed by atoms with Gasteiger partial charge in [0.15, 0.2) is 11.6 Å². The van der Waals surface area contributed by atoms with Crippen molar-refractivity contribution in [3.63, 3.8) is 0 Å². The van der Waals surface area contributed by atoms with Gasteiger partial charge in [-0.25, -0.2) is 0 Å². The minimum Gasteiger partial charge on any atom is -0.304 e. The summed E-state index contributed by atoms with van der Waals surface area (Å²) in [5.74, 6) is 0.388. The van der Waals surface area contributed by atoms with E-state index in [-0.39, 0.29) is 11.6 Å². The van der Waals surface area contributed by atoms with Gasteiger partial charge < -0.3 is 9.80 Å². The molecule has 3 aromatic rings. The smallest absolute Gasteiger partial charge is 0.163 e. The molecular formula is C32H44N2O2. The van der Waals surface area contributed by atoms with Crippen LogP contribution in [0.15, 0.2) is 48.5 Å². The fraction of sp³-hybridized carbons (Fsp3) is 0.500. The summed E-state index contributed by atoms with van der Waals surface area (Å²) in [7, 11) is 0. The van der Waals surface area contributed by atoms with Gasteiger partial charge in [-0.15, -0.1) is 0 Å². The molecular weight excluding hydrogens is 444 g/mol. The number of carbonyl (C=O) groups is 2. The maximum atomic E-state index is 13.2. The summed E-state index contributed by atoms with van der Waals surface area (Å²) >= 11 is 0. The van der Waals surface area contributed by atoms with E-state index in [1.165, 1.54) is 0 Å². The quantitative estimate of drug-likeness (QED) is 0.120. The molecule has 0 unspecified atom stereocenters. The molecule has 0 bridgehead atoms. The lowest BCUT2D eigenvalue weighted by atomic mass is 9.92. The van der Waals surface area contributed by atoms with Crippen molar-refractivity contribution in [2.45, 2.75) is 66.2 Å². The Kier molecular flexibility index (Phi) is 11.1. The summed E-state index contributed by atoms with van der Waals surface area (Å²) in [6, 6.07) is 16.2. The van der Waals surface area contributed by atoms with Gasteiger partial charge in [-0.3, -0.25) is 9.59 Å². The summed E-state index contributed by atoms with van der Waals surface area (Å²) in [5, 5.41) is 4.03. The van der Waals surface area contributed by atoms with Gasteiger partial charge in [-0.05, 0) is 98.6 Å². The Balaban J connectivity index is 1.77. The highest BCUT2D eigenvalue weighted by molar-refractivity contribution is 6.15. The Hall–Kier alpha value is -2.56. The van der Waals surface area contributed by atoms with Crippen molar-refractivity contribution in [1.29, 1.82) is 0 Å². The van der Waals surface area contributed by atoms with Crippen LogP contribution in [0.5, 0.6) is 0 Å². The van der Waals surface area contributed by atoms with Gasteiger partial charge in [0.05, 0.1) is 0 Å². The van der Waals surface area contributed by atoms with E-state index in [4.69, 9.17) is 0 Å². The number of benzene rings is 3. The van der Waals surface area contributed by atoms with E-state index >= 15 is 0 Å². The van der Waals surface area contributed by atoms with Crippen LogP contribution in [0.2, 0.25) is 0 Å². The van der Waals surface area contributed by atoms with E-state index in [9.17, 15) is 9.59 Å². The maximum Gasteiger partial charge on any atom is 0.163 e. The van der Waals surface area contributed by atoms with E-state index < -0.39 is 0 Å². The van der Waals surface area contributed by atoms with E-state index in [1.54, 1.807) is 0 Å². The van der Waals surface area contributed by atoms with Crippen LogP contribution in [0, 0.1) is 0 Å². The van der Waals surface area contributed by atoms with Crippen LogP contribution in [0.4, 0.5) is 0 Å². The van der Waals surface area contributed by atoms with Crippen molar-refractivity contribution < 1.29 is 9.59 Å². The first-order valence-electron chi connectivity index (χ1n) is 14.0. The summed E-state index contributed by atoms with van der Waals surface area (Å²) in [5.41, 5.74) is 1.55. The zero-order valence-corrected chi connectivity index (χ0v) is 22.8. The van der Waals surface area contributed by atoms with Crippen molar-refractivity contribution in [2.24, 2.45) is 0 Å². The summed E-state index contributed by atoms with van der Waals surface area (Å²) in [4.78, 5) is 31.2. The minimum absolute atomic E-state index is 0.194. The summed E-state index contributed by atoms with van der Waals surface area (Å²) in [6.45, 7) is 15.0. The number of hydrogen-bond acceptors (Lipinski definition) is 4. The number of nitrogens with zero attached hydrogens (tertiary/aromatic N) is 2. The number of hydrogen-bond donors (Lipinski definition) is 0. The summed E-state index contributed by atoms with van der Waals surface area (Å²) < 4.78 is 0. The number of Topliss-reactive ketones (excluding diaryl/α,β-unsaturated/α-hetero) is 2. The molecule has 0 fully saturated rings. The first kappa shape index (κ1) is 28.0. The van der Waals surface area contributed by atoms with Crippen molar-refractivity contribution in [3.05, 3.63) is 59.7 Å². The monoisotopic (exact) mass is 488 g/mol. The molecule has 0 saturated heterocycles. The highest BCUT2D eigenvalue weighted by Crippen LogP contribution is 2.29. The van der Waals surface area contributed by atoms with Gasteiger partial charge in [0.25, 0.3) is 0 Å². The molecule has 0 atom stereocenters. The first-order valence-corrected chi connectivity index (χ1v) is 14.0. The van der Waals surface area contributed by atoms with Gasteiger partial charge in [0, 0.05) is 24.0 Å². The molecule has 0 heterocycles. The largest absolute Gasteiger partial charge is 0.304 e. The van der Waals surface area contributed by atoms with E-state index in [1.807, 2.05) is 24.3 Å². The molecule has 0 radical (unpaired) electrons. The Bertz CT molecular complexity index is 1060. The zero-order valence-electron chi connectivity index (χ0n) is 22.8. The number of carbonyl (C=O) groups excluding carboxylic acids is 2. The first-order chi connectivity index (χ1) is 17.5. The zero-order chi connectivity index (χ0) is 25.9. The molecule has 0 saturated carbocycles. The lowest BCUT2D eigenvalue weighted by molar-refractivity contribution is 0.0972. The predicted octanol–water partition coefficient (Wildman–Crippen LogP) is 7.38. The van der Waals surface area contributed by atoms with Gasteiger partial charge in [-0.2, -0.15) is 0 Å². The average Bonchev–Trinajstić information content (AvgIpc) is 2.91. The third-order valence-corrected chi connectivity index (χ3v) is 7.53. The highest BCUT2D eigenvalue weighted by atomic mass is 16.1. The number of fused-ring (bicyclic) bond motifs is 2. The Morgan fingerprint density at radius 1 is 0.583 bits per heavy atom. The van der Waals surface area contributed by atoms with Crippen LogP contribution in [0.1, 0.15) is 86.9 Å². The second kappa shape index (κ2) is 14.2. The fourth-order valence-corrected chi connectivity index (χ4v) is 5.13. The van der Waals surface area contributed by atoms with E-state index in [2.05, 4.69) is 61.8 Å². The molecule has 0 N–H and O–H groups in total. The molecule has 0 amide bonds. The number of ketones is 2. The van der Waals surface area contributed by atoms with Crippen LogP contribution in [0.3, 0.4) is 0 Å². The molecule has 36 heavy (non-hydrogen) atoms. The van der Waals surface area contributed by atoms with Crippen LogP contribution in [0.25, 0.3) is 21.5 Å². The molecule has 0 aliphatic heterocycles. The van der Waals surface area contributed by atoms with Crippen molar-refractivity contribution in [3.8, 4) is 0 Å². The van der Waals surface area contributed by atoms with Gasteiger partial charge in [0.2, 0.25) is 0 Å². The standard InChI is InChI=1S/C32H44N2O2/c1-5-33(6-2)21-11-9-19-31(35)27-17-13-15-25-23-26-16-14-18-28(30(26)24-29(25)27)32(36)20-10-12-22-34(7-3)8-4/h13-18,23-24H,5-12,19-22H2,1-4H3. The Morgan fingerprint density at radius 3 is 1.39 bits per heavy atom. The molecule has 0 aliphatic carbocycles. The normalized spacial score (nSPS) is 11.7. The molecule has 4 nitrogen and oxygen atoms in total. The maximum absolute atomic E-state index is 13.2. The highest BCUT2D eigenvalue weighted by Gasteiger charge is 2.15. The molecule has 194 valence electrons. The molecule has 0 aromatic heterocycles. The Labute approximate surface area is 217 Å². The van der Waals surface area contributed by atoms with Crippen molar-refractivity contribution in [2.75, 3.05) is 39.3 Å². The summed E-state index contributed by atoms with van der Waals surface area (Å²) in [6.07, 6.45) is 4.99. The second-order valence-corrected chi connectivity index (χ2v) is 9.72. The molecule has 3 rings (SSSR count). The molecule has 4 heteroatoms. The van der Waals surface area contributed by atoms with Crippen LogP contribution < -0.4 is 0 Å². The Morgan fingerprint density at radius 2 is 1.00 bits per heavy atom. The number of unbranched alkanes of at least 4 members (excludes halogenated alkanes) is 2. The van der Waals surface area contributed by atoms with Crippen molar-refractivity contribution >= 4 is 33.1 Å². The average molecular weight is 489 g/mol. The van der Waals surface area contributed by atoms with Crippen LogP contribution >= 0.6 is 0 Å². The second-order valence-electron chi connectivity index (χ2n) is 9.72. The SMILES string of the molecule is CCN(CC)CCCCC(=O)c1cccc2cc3cccc(C(=O)CCCCN(CC)CC)c3cc12. The van der Waals surface area contributed by atoms with Gasteiger partial charge >= 0.3 is 0 Å².